The second kappa shape index (κ2) is 12.7. The van der Waals surface area contributed by atoms with Crippen molar-refractivity contribution in [1.82, 2.24) is 34.9 Å². The minimum atomic E-state index is -1.01. The molecule has 1 aliphatic rings. The Morgan fingerprint density at radius 1 is 1.19 bits per heavy atom. The Kier molecular flexibility index (Phi) is 9.97. The van der Waals surface area contributed by atoms with Crippen LogP contribution in [-0.4, -0.2) is 85.8 Å². The predicted octanol–water partition coefficient (Wildman–Crippen LogP) is 3.03. The highest BCUT2D eigenvalue weighted by atomic mass is 32.2. The van der Waals surface area contributed by atoms with Crippen molar-refractivity contribution in [2.75, 3.05) is 26.4 Å². The smallest absolute Gasteiger partial charge is 0.286 e. The molecule has 0 aromatic carbocycles. The van der Waals surface area contributed by atoms with Gasteiger partial charge in [0.2, 0.25) is 12.2 Å². The number of hydrogen-bond donors (Lipinski definition) is 1. The lowest BCUT2D eigenvalue weighted by atomic mass is 9.85. The largest absolute Gasteiger partial charge is 0.408 e. The zero-order valence-electron chi connectivity index (χ0n) is 21.5. The zero-order valence-corrected chi connectivity index (χ0v) is 23.2. The molecule has 0 saturated heterocycles. The fourth-order valence-electron chi connectivity index (χ4n) is 4.38. The molecule has 3 rings (SSSR count). The summed E-state index contributed by atoms with van der Waals surface area (Å²) in [4.78, 5) is 43.4. The van der Waals surface area contributed by atoms with Gasteiger partial charge in [0, 0.05) is 12.3 Å². The molecule has 1 aliphatic carbocycles. The highest BCUT2D eigenvalue weighted by Gasteiger charge is 2.46. The van der Waals surface area contributed by atoms with Crippen molar-refractivity contribution in [3.05, 3.63) is 16.5 Å². The molecule has 0 aliphatic heterocycles. The lowest BCUT2D eigenvalue weighted by Gasteiger charge is -2.48. The van der Waals surface area contributed by atoms with Crippen molar-refractivity contribution < 1.29 is 18.8 Å². The molecule has 0 radical (unpaired) electrons. The number of thioether (sulfide) groups is 1. The van der Waals surface area contributed by atoms with Gasteiger partial charge in [-0.2, -0.15) is 0 Å². The van der Waals surface area contributed by atoms with Crippen LogP contribution < -0.4 is 5.32 Å². The van der Waals surface area contributed by atoms with Gasteiger partial charge in [0.15, 0.2) is 0 Å². The van der Waals surface area contributed by atoms with E-state index in [0.717, 1.165) is 43.1 Å². The van der Waals surface area contributed by atoms with Crippen molar-refractivity contribution in [1.29, 1.82) is 0 Å². The molecule has 1 fully saturated rings. The van der Waals surface area contributed by atoms with Gasteiger partial charge in [-0.1, -0.05) is 36.5 Å². The maximum absolute atomic E-state index is 13.7. The molecule has 2 amide bonds. The third-order valence-electron chi connectivity index (χ3n) is 6.21. The van der Waals surface area contributed by atoms with E-state index in [2.05, 4.69) is 25.1 Å². The number of Topliss-reactive ketones (excluding diaryl/α,β-unsaturated/α-hetero) is 1. The van der Waals surface area contributed by atoms with E-state index in [4.69, 9.17) is 4.42 Å². The number of carbonyl (C=O) groups excluding carboxylic acids is 3. The van der Waals surface area contributed by atoms with Crippen molar-refractivity contribution in [2.24, 2.45) is 5.92 Å². The van der Waals surface area contributed by atoms with Crippen LogP contribution in [0.2, 0.25) is 0 Å². The van der Waals surface area contributed by atoms with E-state index in [0.29, 0.717) is 41.5 Å². The van der Waals surface area contributed by atoms with Gasteiger partial charge >= 0.3 is 0 Å². The van der Waals surface area contributed by atoms with E-state index in [1.807, 2.05) is 32.8 Å². The Hall–Kier alpha value is -2.38. The van der Waals surface area contributed by atoms with Crippen LogP contribution in [-0.2, 0) is 4.79 Å². The van der Waals surface area contributed by atoms with Gasteiger partial charge in [-0.15, -0.1) is 15.3 Å². The average molecular weight is 538 g/mol. The Balaban J connectivity index is 1.89. The molecule has 11 nitrogen and oxygen atoms in total. The number of nitrogens with one attached hydrogen (secondary N) is 1. The number of ketones is 1. The zero-order chi connectivity index (χ0) is 26.3. The number of rotatable bonds is 13. The molecule has 0 bridgehead atoms. The topological polar surface area (TPSA) is 134 Å². The molecule has 2 heterocycles. The summed E-state index contributed by atoms with van der Waals surface area (Å²) in [5, 5.41) is 15.4. The van der Waals surface area contributed by atoms with Gasteiger partial charge in [-0.05, 0) is 70.6 Å². The number of hydrogen-bond acceptors (Lipinski definition) is 11. The summed E-state index contributed by atoms with van der Waals surface area (Å²) in [6.07, 6.45) is 4.78. The summed E-state index contributed by atoms with van der Waals surface area (Å²) >= 11 is 2.39. The van der Waals surface area contributed by atoms with Crippen LogP contribution in [0.1, 0.15) is 78.4 Å². The first-order chi connectivity index (χ1) is 17.2. The molecule has 1 saturated carbocycles. The quantitative estimate of drug-likeness (QED) is 0.176. The van der Waals surface area contributed by atoms with Crippen LogP contribution in [0.3, 0.4) is 0 Å². The maximum Gasteiger partial charge on any atom is 0.286 e. The predicted molar refractivity (Wildman–Crippen MR) is 137 cm³/mol. The summed E-state index contributed by atoms with van der Waals surface area (Å²) in [5.74, 6) is -0.0520. The van der Waals surface area contributed by atoms with Gasteiger partial charge in [0.1, 0.15) is 16.6 Å². The first kappa shape index (κ1) is 28.2. The first-order valence-corrected chi connectivity index (χ1v) is 13.9. The van der Waals surface area contributed by atoms with Crippen molar-refractivity contribution >= 4 is 41.4 Å². The van der Waals surface area contributed by atoms with Gasteiger partial charge in [0.05, 0.1) is 5.69 Å². The maximum atomic E-state index is 13.7. The summed E-state index contributed by atoms with van der Waals surface area (Å²) in [6, 6.07) is -0.860. The van der Waals surface area contributed by atoms with Crippen LogP contribution in [0.5, 0.6) is 0 Å². The highest BCUT2D eigenvalue weighted by Crippen LogP contribution is 2.35. The highest BCUT2D eigenvalue weighted by molar-refractivity contribution is 7.99. The molecule has 1 unspecified atom stereocenters. The van der Waals surface area contributed by atoms with Crippen LogP contribution in [0.15, 0.2) is 9.64 Å². The molecule has 1 atom stereocenters. The molecule has 1 N–H and O–H groups in total. The van der Waals surface area contributed by atoms with Gasteiger partial charge in [-0.3, -0.25) is 14.4 Å². The summed E-state index contributed by atoms with van der Waals surface area (Å²) in [6.45, 7) is 6.51. The van der Waals surface area contributed by atoms with Crippen LogP contribution in [0.25, 0.3) is 0 Å². The molecular formula is C23H35N7O4S2. The van der Waals surface area contributed by atoms with E-state index in [1.54, 1.807) is 6.92 Å². The van der Waals surface area contributed by atoms with Crippen molar-refractivity contribution in [3.8, 4) is 0 Å². The van der Waals surface area contributed by atoms with E-state index in [9.17, 15) is 14.4 Å². The number of aromatic nitrogens is 4. The number of aryl methyl sites for hydroxylation is 1. The molecule has 2 aromatic heterocycles. The normalized spacial score (nSPS) is 16.2. The third kappa shape index (κ3) is 6.88. The summed E-state index contributed by atoms with van der Waals surface area (Å²) in [5.41, 5.74) is -0.479. The molecule has 2 aromatic rings. The number of nitrogens with zero attached hydrogens (tertiary/aromatic N) is 6. The second-order valence-electron chi connectivity index (χ2n) is 9.78. The van der Waals surface area contributed by atoms with Crippen LogP contribution in [0, 0.1) is 12.8 Å². The van der Waals surface area contributed by atoms with Crippen LogP contribution >= 0.6 is 23.3 Å². The first-order valence-electron chi connectivity index (χ1n) is 12.2. The number of carbonyl (C=O) groups is 3. The monoisotopic (exact) mass is 537 g/mol. The standard InChI is InChI=1S/C23H35N7O4S2/c1-15(2)13-17(18(32)21-26-27-22(34-21)35-12-11-29(4)5)30(14-31)23(9-7-6-8-10-23)24-20(33)19-16(3)25-28-36-19/h14-15,17H,6-13H2,1-5H3,(H,24,33). The Bertz CT molecular complexity index is 1030. The van der Waals surface area contributed by atoms with Gasteiger partial charge in [0.25, 0.3) is 17.0 Å². The molecular weight excluding hydrogens is 502 g/mol. The minimum Gasteiger partial charge on any atom is -0.408 e. The van der Waals surface area contributed by atoms with Crippen LogP contribution in [0.4, 0.5) is 0 Å². The van der Waals surface area contributed by atoms with E-state index < -0.39 is 17.5 Å². The molecule has 13 heteroatoms. The SMILES string of the molecule is Cc1nnsc1C(=O)NC1(N(C=O)C(CC(C)C)C(=O)c2nnc(SCCN(C)C)o2)CCCCC1. The fourth-order valence-corrected chi connectivity index (χ4v) is 5.80. The lowest BCUT2D eigenvalue weighted by Crippen LogP contribution is -2.65. The Labute approximate surface area is 219 Å². The molecule has 198 valence electrons. The van der Waals surface area contributed by atoms with E-state index >= 15 is 0 Å². The van der Waals surface area contributed by atoms with Crippen molar-refractivity contribution in [3.63, 3.8) is 0 Å². The van der Waals surface area contributed by atoms with Gasteiger partial charge < -0.3 is 19.5 Å². The Morgan fingerprint density at radius 3 is 2.50 bits per heavy atom. The number of amides is 2. The molecule has 0 spiro atoms. The van der Waals surface area contributed by atoms with E-state index in [1.165, 1.54) is 16.7 Å². The second-order valence-corrected chi connectivity index (χ2v) is 11.6. The minimum absolute atomic E-state index is 0.0996. The Morgan fingerprint density at radius 2 is 1.92 bits per heavy atom. The van der Waals surface area contributed by atoms with Gasteiger partial charge in [-0.25, -0.2) is 0 Å². The fraction of sp³-hybridized carbons (Fsp3) is 0.696. The summed E-state index contributed by atoms with van der Waals surface area (Å²) in [7, 11) is 3.95. The lowest BCUT2D eigenvalue weighted by molar-refractivity contribution is -0.129. The third-order valence-corrected chi connectivity index (χ3v) is 7.83. The summed E-state index contributed by atoms with van der Waals surface area (Å²) < 4.78 is 9.55. The average Bonchev–Trinajstić information content (AvgIpc) is 3.47. The van der Waals surface area contributed by atoms with E-state index in [-0.39, 0.29) is 17.7 Å². The molecule has 36 heavy (non-hydrogen) atoms. The van der Waals surface area contributed by atoms with Crippen molar-refractivity contribution in [2.45, 2.75) is 76.2 Å².